The van der Waals surface area contributed by atoms with Crippen LogP contribution in [0, 0.1) is 0 Å². The summed E-state index contributed by atoms with van der Waals surface area (Å²) < 4.78 is 0. The van der Waals surface area contributed by atoms with Crippen molar-refractivity contribution in [2.24, 2.45) is 5.73 Å². The van der Waals surface area contributed by atoms with E-state index in [1.165, 1.54) is 0 Å². The van der Waals surface area contributed by atoms with E-state index in [1.807, 2.05) is 0 Å². The topological polar surface area (TPSA) is 84.2 Å². The lowest BCUT2D eigenvalue weighted by Crippen LogP contribution is -2.45. The van der Waals surface area contributed by atoms with Crippen LogP contribution >= 0.6 is 0 Å². The second-order valence-electron chi connectivity index (χ2n) is 3.19. The van der Waals surface area contributed by atoms with Crippen molar-refractivity contribution in [1.29, 1.82) is 0 Å². The molecule has 1 aliphatic heterocycles. The average molecular weight is 185 g/mol. The molecule has 0 aliphatic carbocycles. The molecule has 1 aliphatic rings. The number of rotatable bonds is 3. The first-order chi connectivity index (χ1) is 6.20. The number of nitrogens with two attached hydrogens (primary N) is 1. The van der Waals surface area contributed by atoms with E-state index in [9.17, 15) is 9.59 Å². The van der Waals surface area contributed by atoms with Crippen LogP contribution in [0.25, 0.3) is 0 Å². The predicted molar refractivity (Wildman–Crippen MR) is 47.8 cm³/mol. The third-order valence-corrected chi connectivity index (χ3v) is 2.06. The molecule has 13 heavy (non-hydrogen) atoms. The van der Waals surface area contributed by atoms with Crippen molar-refractivity contribution < 1.29 is 9.59 Å². The van der Waals surface area contributed by atoms with E-state index in [4.69, 9.17) is 5.73 Å². The van der Waals surface area contributed by atoms with Gasteiger partial charge in [0, 0.05) is 6.54 Å². The van der Waals surface area contributed by atoms with Crippen molar-refractivity contribution in [2.45, 2.75) is 25.3 Å². The van der Waals surface area contributed by atoms with E-state index >= 15 is 0 Å². The Kier molecular flexibility index (Phi) is 3.70. The standard InChI is InChI=1S/C8H15N3O2/c9-7(12)5-11-6-3-1-2-4-10-8(6)13/h6,11H,1-5H2,(H2,9,12)(H,10,13)/t6-/m1/s1. The number of nitrogens with one attached hydrogen (secondary N) is 2. The van der Waals surface area contributed by atoms with Crippen molar-refractivity contribution in [3.63, 3.8) is 0 Å². The molecule has 5 heteroatoms. The maximum atomic E-state index is 11.3. The Bertz CT molecular complexity index is 206. The summed E-state index contributed by atoms with van der Waals surface area (Å²) in [7, 11) is 0. The van der Waals surface area contributed by atoms with Gasteiger partial charge in [-0.25, -0.2) is 0 Å². The molecule has 1 rings (SSSR count). The number of carbonyl (C=O) groups excluding carboxylic acids is 2. The molecule has 0 aromatic rings. The SMILES string of the molecule is NC(=O)CN[C@@H]1CCCCNC1=O. The maximum Gasteiger partial charge on any atom is 0.237 e. The molecule has 2 amide bonds. The second kappa shape index (κ2) is 4.81. The van der Waals surface area contributed by atoms with E-state index in [1.54, 1.807) is 0 Å². The highest BCUT2D eigenvalue weighted by Gasteiger charge is 2.19. The lowest BCUT2D eigenvalue weighted by molar-refractivity contribution is -0.123. The van der Waals surface area contributed by atoms with E-state index in [0.29, 0.717) is 0 Å². The quantitative estimate of drug-likeness (QED) is 0.512. The number of amides is 2. The van der Waals surface area contributed by atoms with Crippen molar-refractivity contribution in [2.75, 3.05) is 13.1 Å². The summed E-state index contributed by atoms with van der Waals surface area (Å²) in [6, 6.07) is -0.255. The van der Waals surface area contributed by atoms with Gasteiger partial charge in [-0.05, 0) is 19.3 Å². The zero-order chi connectivity index (χ0) is 9.68. The van der Waals surface area contributed by atoms with E-state index < -0.39 is 5.91 Å². The number of primary amides is 1. The molecular weight excluding hydrogens is 170 g/mol. The summed E-state index contributed by atoms with van der Waals surface area (Å²) >= 11 is 0. The summed E-state index contributed by atoms with van der Waals surface area (Å²) in [6.07, 6.45) is 2.77. The first kappa shape index (κ1) is 9.98. The van der Waals surface area contributed by atoms with Crippen molar-refractivity contribution in [3.8, 4) is 0 Å². The second-order valence-corrected chi connectivity index (χ2v) is 3.19. The Morgan fingerprint density at radius 1 is 1.62 bits per heavy atom. The van der Waals surface area contributed by atoms with E-state index in [2.05, 4.69) is 10.6 Å². The minimum atomic E-state index is -0.433. The molecule has 0 spiro atoms. The van der Waals surface area contributed by atoms with Crippen LogP contribution in [0.1, 0.15) is 19.3 Å². The molecule has 1 heterocycles. The van der Waals surface area contributed by atoms with Crippen LogP contribution in [0.2, 0.25) is 0 Å². The van der Waals surface area contributed by atoms with Crippen LogP contribution < -0.4 is 16.4 Å². The van der Waals surface area contributed by atoms with Gasteiger partial charge in [0.1, 0.15) is 0 Å². The highest BCUT2D eigenvalue weighted by Crippen LogP contribution is 2.04. The molecule has 1 atom stereocenters. The summed E-state index contributed by atoms with van der Waals surface area (Å²) in [5.41, 5.74) is 4.96. The molecule has 0 aromatic carbocycles. The summed E-state index contributed by atoms with van der Waals surface area (Å²) in [5.74, 6) is -0.462. The summed E-state index contributed by atoms with van der Waals surface area (Å²) in [5, 5.41) is 5.59. The molecule has 0 saturated carbocycles. The van der Waals surface area contributed by atoms with Crippen LogP contribution in [0.3, 0.4) is 0 Å². The third kappa shape index (κ3) is 3.42. The highest BCUT2D eigenvalue weighted by molar-refractivity contribution is 5.83. The first-order valence-corrected chi connectivity index (χ1v) is 4.49. The molecular formula is C8H15N3O2. The van der Waals surface area contributed by atoms with Crippen LogP contribution in [0.5, 0.6) is 0 Å². The van der Waals surface area contributed by atoms with Gasteiger partial charge in [0.25, 0.3) is 0 Å². The molecule has 0 unspecified atom stereocenters. The minimum Gasteiger partial charge on any atom is -0.369 e. The molecule has 0 bridgehead atoms. The van der Waals surface area contributed by atoms with Gasteiger partial charge in [-0.3, -0.25) is 14.9 Å². The van der Waals surface area contributed by atoms with Gasteiger partial charge in [0.2, 0.25) is 11.8 Å². The Hall–Kier alpha value is -1.10. The lowest BCUT2D eigenvalue weighted by atomic mass is 10.1. The number of hydrogen-bond donors (Lipinski definition) is 3. The van der Waals surface area contributed by atoms with Crippen LogP contribution in [-0.2, 0) is 9.59 Å². The molecule has 0 aromatic heterocycles. The summed E-state index contributed by atoms with van der Waals surface area (Å²) in [4.78, 5) is 21.8. The molecule has 0 radical (unpaired) electrons. The van der Waals surface area contributed by atoms with E-state index in [0.717, 1.165) is 25.8 Å². The fourth-order valence-electron chi connectivity index (χ4n) is 1.36. The Morgan fingerprint density at radius 3 is 3.08 bits per heavy atom. The fourth-order valence-corrected chi connectivity index (χ4v) is 1.36. The largest absolute Gasteiger partial charge is 0.369 e. The minimum absolute atomic E-state index is 0.0289. The molecule has 4 N–H and O–H groups in total. The molecule has 74 valence electrons. The Labute approximate surface area is 77.1 Å². The van der Waals surface area contributed by atoms with Gasteiger partial charge >= 0.3 is 0 Å². The predicted octanol–water partition coefficient (Wildman–Crippen LogP) is -1.27. The lowest BCUT2D eigenvalue weighted by Gasteiger charge is -2.13. The molecule has 5 nitrogen and oxygen atoms in total. The molecule has 1 fully saturated rings. The smallest absolute Gasteiger partial charge is 0.237 e. The van der Waals surface area contributed by atoms with Crippen molar-refractivity contribution >= 4 is 11.8 Å². The number of hydrogen-bond acceptors (Lipinski definition) is 3. The van der Waals surface area contributed by atoms with Crippen LogP contribution in [0.4, 0.5) is 0 Å². The Morgan fingerprint density at radius 2 is 2.38 bits per heavy atom. The van der Waals surface area contributed by atoms with Gasteiger partial charge in [0.15, 0.2) is 0 Å². The normalized spacial score (nSPS) is 23.4. The first-order valence-electron chi connectivity index (χ1n) is 4.49. The van der Waals surface area contributed by atoms with Gasteiger partial charge in [-0.1, -0.05) is 0 Å². The van der Waals surface area contributed by atoms with Gasteiger partial charge in [-0.2, -0.15) is 0 Å². The van der Waals surface area contributed by atoms with Gasteiger partial charge in [0.05, 0.1) is 12.6 Å². The van der Waals surface area contributed by atoms with Crippen molar-refractivity contribution in [3.05, 3.63) is 0 Å². The van der Waals surface area contributed by atoms with E-state index in [-0.39, 0.29) is 18.5 Å². The third-order valence-electron chi connectivity index (χ3n) is 2.06. The van der Waals surface area contributed by atoms with Gasteiger partial charge in [-0.15, -0.1) is 0 Å². The van der Waals surface area contributed by atoms with Crippen LogP contribution in [-0.4, -0.2) is 30.9 Å². The molecule has 1 saturated heterocycles. The summed E-state index contributed by atoms with van der Waals surface area (Å²) in [6.45, 7) is 0.797. The highest BCUT2D eigenvalue weighted by atomic mass is 16.2. The fraction of sp³-hybridized carbons (Fsp3) is 0.750. The maximum absolute atomic E-state index is 11.3. The van der Waals surface area contributed by atoms with Crippen molar-refractivity contribution in [1.82, 2.24) is 10.6 Å². The zero-order valence-corrected chi connectivity index (χ0v) is 7.51. The van der Waals surface area contributed by atoms with Crippen LogP contribution in [0.15, 0.2) is 0 Å². The average Bonchev–Trinajstić information content (AvgIpc) is 2.27. The Balaban J connectivity index is 2.36. The van der Waals surface area contributed by atoms with Gasteiger partial charge < -0.3 is 11.1 Å². The zero-order valence-electron chi connectivity index (χ0n) is 7.51. The number of carbonyl (C=O) groups is 2. The monoisotopic (exact) mass is 185 g/mol.